The Bertz CT molecular complexity index is 551. The Balaban J connectivity index is 2.29. The number of nitrogens with zero attached hydrogens (tertiary/aromatic N) is 3. The SMILES string of the molecule is Cc1cc(N=Nc2c(C)[nH]sc2=O)sn1. The van der Waals surface area contributed by atoms with Crippen LogP contribution in [0.3, 0.4) is 0 Å². The van der Waals surface area contributed by atoms with Crippen molar-refractivity contribution in [3.63, 3.8) is 0 Å². The molecule has 0 spiro atoms. The number of azo groups is 1. The Kier molecular flexibility index (Phi) is 2.74. The summed E-state index contributed by atoms with van der Waals surface area (Å²) < 4.78 is 6.81. The van der Waals surface area contributed by atoms with E-state index in [-0.39, 0.29) is 4.74 Å². The van der Waals surface area contributed by atoms with E-state index in [0.29, 0.717) is 10.7 Å². The van der Waals surface area contributed by atoms with E-state index in [1.165, 1.54) is 11.5 Å². The molecule has 0 fully saturated rings. The Morgan fingerprint density at radius 1 is 1.40 bits per heavy atom. The summed E-state index contributed by atoms with van der Waals surface area (Å²) in [6.45, 7) is 3.68. The van der Waals surface area contributed by atoms with Gasteiger partial charge < -0.3 is 4.37 Å². The third-order valence-corrected chi connectivity index (χ3v) is 3.26. The van der Waals surface area contributed by atoms with Crippen LogP contribution in [0.1, 0.15) is 11.4 Å². The maximum Gasteiger partial charge on any atom is 0.277 e. The van der Waals surface area contributed by atoms with Gasteiger partial charge in [0.2, 0.25) is 0 Å². The maximum atomic E-state index is 11.3. The number of hydrogen-bond donors (Lipinski definition) is 1. The van der Waals surface area contributed by atoms with Crippen molar-refractivity contribution >= 4 is 33.8 Å². The van der Waals surface area contributed by atoms with E-state index < -0.39 is 0 Å². The van der Waals surface area contributed by atoms with Crippen molar-refractivity contribution in [1.82, 2.24) is 8.75 Å². The molecule has 2 aromatic heterocycles. The summed E-state index contributed by atoms with van der Waals surface area (Å²) in [6.07, 6.45) is 0. The van der Waals surface area contributed by atoms with Crippen LogP contribution in [-0.4, -0.2) is 8.75 Å². The van der Waals surface area contributed by atoms with E-state index >= 15 is 0 Å². The van der Waals surface area contributed by atoms with Crippen LogP contribution in [0.4, 0.5) is 10.7 Å². The quantitative estimate of drug-likeness (QED) is 0.820. The molecule has 78 valence electrons. The lowest BCUT2D eigenvalue weighted by molar-refractivity contribution is 1.20. The molecule has 0 unspecified atom stereocenters. The molecule has 0 saturated heterocycles. The van der Waals surface area contributed by atoms with Crippen LogP contribution in [0.5, 0.6) is 0 Å². The molecule has 5 nitrogen and oxygen atoms in total. The van der Waals surface area contributed by atoms with Crippen LogP contribution < -0.4 is 4.74 Å². The zero-order chi connectivity index (χ0) is 10.8. The average Bonchev–Trinajstić information content (AvgIpc) is 2.73. The van der Waals surface area contributed by atoms with Crippen LogP contribution >= 0.6 is 23.1 Å². The van der Waals surface area contributed by atoms with Gasteiger partial charge in [-0.15, -0.1) is 10.2 Å². The molecule has 2 aromatic rings. The molecule has 0 bridgehead atoms. The van der Waals surface area contributed by atoms with Gasteiger partial charge in [0.05, 0.1) is 11.4 Å². The molecule has 0 aliphatic rings. The second-order valence-corrected chi connectivity index (χ2v) is 4.53. The Morgan fingerprint density at radius 2 is 2.20 bits per heavy atom. The summed E-state index contributed by atoms with van der Waals surface area (Å²) in [5.74, 6) is 0. The predicted molar refractivity (Wildman–Crippen MR) is 60.7 cm³/mol. The van der Waals surface area contributed by atoms with Crippen molar-refractivity contribution < 1.29 is 0 Å². The summed E-state index contributed by atoms with van der Waals surface area (Å²) >= 11 is 2.29. The lowest BCUT2D eigenvalue weighted by Crippen LogP contribution is -1.86. The van der Waals surface area contributed by atoms with Gasteiger partial charge in [-0.3, -0.25) is 4.79 Å². The summed E-state index contributed by atoms with van der Waals surface area (Å²) in [5, 5.41) is 8.58. The van der Waals surface area contributed by atoms with Crippen LogP contribution in [0, 0.1) is 13.8 Å². The van der Waals surface area contributed by atoms with Gasteiger partial charge in [0, 0.05) is 0 Å². The van der Waals surface area contributed by atoms with Gasteiger partial charge in [0.25, 0.3) is 4.74 Å². The van der Waals surface area contributed by atoms with Crippen molar-refractivity contribution in [3.8, 4) is 0 Å². The molecule has 0 aromatic carbocycles. The number of aryl methyl sites for hydroxylation is 2. The third kappa shape index (κ3) is 2.18. The topological polar surface area (TPSA) is 70.5 Å². The van der Waals surface area contributed by atoms with Gasteiger partial charge in [0.1, 0.15) is 0 Å². The average molecular weight is 240 g/mol. The van der Waals surface area contributed by atoms with E-state index in [1.807, 2.05) is 13.0 Å². The van der Waals surface area contributed by atoms with Crippen molar-refractivity contribution in [1.29, 1.82) is 0 Å². The fourth-order valence-electron chi connectivity index (χ4n) is 0.985. The minimum absolute atomic E-state index is 0.0995. The minimum Gasteiger partial charge on any atom is -0.310 e. The van der Waals surface area contributed by atoms with E-state index in [4.69, 9.17) is 0 Å². The number of nitrogens with one attached hydrogen (secondary N) is 1. The first-order valence-corrected chi connectivity index (χ1v) is 5.79. The standard InChI is InChI=1S/C8H8N4OS2/c1-4-3-6(14-11-4)9-10-7-5(2)12-15-8(7)13/h3,12H,1-2H3. The number of aromatic amines is 1. The zero-order valence-corrected chi connectivity index (χ0v) is 9.78. The second kappa shape index (κ2) is 4.03. The normalized spacial score (nSPS) is 11.3. The van der Waals surface area contributed by atoms with Crippen molar-refractivity contribution in [2.24, 2.45) is 10.2 Å². The lowest BCUT2D eigenvalue weighted by atomic mass is 10.4. The zero-order valence-electron chi connectivity index (χ0n) is 8.14. The van der Waals surface area contributed by atoms with Crippen molar-refractivity contribution in [2.45, 2.75) is 13.8 Å². The van der Waals surface area contributed by atoms with E-state index in [9.17, 15) is 4.79 Å². The Morgan fingerprint density at radius 3 is 2.73 bits per heavy atom. The Hall–Kier alpha value is -1.34. The number of hydrogen-bond acceptors (Lipinski definition) is 6. The van der Waals surface area contributed by atoms with E-state index in [1.54, 1.807) is 6.92 Å². The first-order chi connectivity index (χ1) is 7.16. The molecule has 0 atom stereocenters. The largest absolute Gasteiger partial charge is 0.310 e. The fraction of sp³-hybridized carbons (Fsp3) is 0.250. The number of aromatic nitrogens is 2. The molecule has 2 rings (SSSR count). The summed E-state index contributed by atoms with van der Waals surface area (Å²) in [5.41, 5.74) is 2.03. The van der Waals surface area contributed by atoms with Crippen LogP contribution in [-0.2, 0) is 0 Å². The highest BCUT2D eigenvalue weighted by molar-refractivity contribution is 7.09. The highest BCUT2D eigenvalue weighted by Crippen LogP contribution is 2.22. The number of H-pyrrole nitrogens is 1. The molecule has 2 heterocycles. The van der Waals surface area contributed by atoms with Gasteiger partial charge in [-0.25, -0.2) is 0 Å². The predicted octanol–water partition coefficient (Wildman–Crippen LogP) is 2.93. The van der Waals surface area contributed by atoms with Crippen LogP contribution in [0.25, 0.3) is 0 Å². The summed E-state index contributed by atoms with van der Waals surface area (Å²) in [4.78, 5) is 11.3. The highest BCUT2D eigenvalue weighted by atomic mass is 32.1. The Labute approximate surface area is 93.8 Å². The van der Waals surface area contributed by atoms with Gasteiger partial charge in [-0.05, 0) is 43.0 Å². The van der Waals surface area contributed by atoms with Crippen molar-refractivity contribution in [2.75, 3.05) is 0 Å². The third-order valence-electron chi connectivity index (χ3n) is 1.71. The lowest BCUT2D eigenvalue weighted by Gasteiger charge is -1.84. The summed E-state index contributed by atoms with van der Waals surface area (Å²) in [7, 11) is 0. The molecule has 0 radical (unpaired) electrons. The molecule has 0 amide bonds. The molecule has 1 N–H and O–H groups in total. The summed E-state index contributed by atoms with van der Waals surface area (Å²) in [6, 6.07) is 1.82. The number of rotatable bonds is 2. The molecule has 0 aliphatic heterocycles. The van der Waals surface area contributed by atoms with Gasteiger partial charge in [-0.2, -0.15) is 4.37 Å². The first-order valence-electron chi connectivity index (χ1n) is 4.20. The van der Waals surface area contributed by atoms with Gasteiger partial charge >= 0.3 is 0 Å². The first kappa shape index (κ1) is 10.2. The molecule has 0 aliphatic carbocycles. The van der Waals surface area contributed by atoms with Crippen LogP contribution in [0.2, 0.25) is 0 Å². The minimum atomic E-state index is -0.0995. The monoisotopic (exact) mass is 240 g/mol. The van der Waals surface area contributed by atoms with E-state index in [0.717, 1.165) is 22.9 Å². The molecular formula is C8H8N4OS2. The molecular weight excluding hydrogens is 232 g/mol. The highest BCUT2D eigenvalue weighted by Gasteiger charge is 2.04. The fourth-order valence-corrected chi connectivity index (χ4v) is 2.21. The van der Waals surface area contributed by atoms with Crippen LogP contribution in [0.15, 0.2) is 21.1 Å². The molecule has 7 heteroatoms. The smallest absolute Gasteiger partial charge is 0.277 e. The second-order valence-electron chi connectivity index (χ2n) is 2.97. The van der Waals surface area contributed by atoms with Crippen molar-refractivity contribution in [3.05, 3.63) is 27.0 Å². The van der Waals surface area contributed by atoms with E-state index in [2.05, 4.69) is 19.0 Å². The van der Waals surface area contributed by atoms with Gasteiger partial charge in [0.15, 0.2) is 10.7 Å². The molecule has 0 saturated carbocycles. The molecule has 15 heavy (non-hydrogen) atoms. The maximum absolute atomic E-state index is 11.3. The van der Waals surface area contributed by atoms with Gasteiger partial charge in [-0.1, -0.05) is 0 Å².